The maximum Gasteiger partial charge on any atom is 0.273 e. The normalized spacial score (nSPS) is 11.1. The van der Waals surface area contributed by atoms with Gasteiger partial charge < -0.3 is 9.64 Å². The van der Waals surface area contributed by atoms with Gasteiger partial charge in [-0.2, -0.15) is 0 Å². The summed E-state index contributed by atoms with van der Waals surface area (Å²) in [5.41, 5.74) is -0.00309. The van der Waals surface area contributed by atoms with Gasteiger partial charge in [-0.1, -0.05) is 24.0 Å². The molecule has 0 aliphatic carbocycles. The molecule has 0 aliphatic heterocycles. The number of ether oxygens (including phenoxy) is 1. The summed E-state index contributed by atoms with van der Waals surface area (Å²) >= 11 is 6.90. The van der Waals surface area contributed by atoms with Gasteiger partial charge in [0, 0.05) is 31.1 Å². The zero-order valence-corrected chi connectivity index (χ0v) is 19.5. The van der Waals surface area contributed by atoms with Crippen molar-refractivity contribution in [1.29, 1.82) is 0 Å². The smallest absolute Gasteiger partial charge is 0.273 e. The second-order valence-corrected chi connectivity index (χ2v) is 9.97. The van der Waals surface area contributed by atoms with E-state index >= 15 is 0 Å². The van der Waals surface area contributed by atoms with Crippen molar-refractivity contribution < 1.29 is 18.1 Å². The van der Waals surface area contributed by atoms with Gasteiger partial charge in [-0.3, -0.25) is 14.4 Å². The zero-order valence-electron chi connectivity index (χ0n) is 17.1. The van der Waals surface area contributed by atoms with Gasteiger partial charge in [-0.05, 0) is 44.2 Å². The molecule has 0 aliphatic rings. The van der Waals surface area contributed by atoms with Crippen LogP contribution in [0.4, 0.5) is 11.4 Å². The van der Waals surface area contributed by atoms with E-state index in [0.29, 0.717) is 5.75 Å². The minimum absolute atomic E-state index is 0.0659. The molecule has 2 aromatic rings. The van der Waals surface area contributed by atoms with Crippen molar-refractivity contribution in [2.45, 2.75) is 18.7 Å². The second kappa shape index (κ2) is 10.1. The summed E-state index contributed by atoms with van der Waals surface area (Å²) in [5, 5.41) is 11.1. The molecule has 0 saturated carbocycles. The van der Waals surface area contributed by atoms with Gasteiger partial charge in [0.25, 0.3) is 5.69 Å². The van der Waals surface area contributed by atoms with Gasteiger partial charge in [0.1, 0.15) is 10.1 Å². The van der Waals surface area contributed by atoms with Crippen LogP contribution < -0.4 is 9.04 Å². The highest BCUT2D eigenvalue weighted by Crippen LogP contribution is 2.36. The molecule has 162 valence electrons. The SMILES string of the molecule is CCN(CC)C(=S)Sc1ccc(Oc2cc([N+](=O)[O-])ccc2N(C)S(C)(=O)=O)cc1. The number of hydrogen-bond acceptors (Lipinski definition) is 7. The molecule has 0 aromatic heterocycles. The first-order valence-corrected chi connectivity index (χ1v) is 12.1. The number of nitrogens with zero attached hydrogens (tertiary/aromatic N) is 3. The Kier molecular flexibility index (Phi) is 8.04. The molecule has 2 rings (SSSR count). The molecular weight excluding hydrogens is 446 g/mol. The summed E-state index contributed by atoms with van der Waals surface area (Å²) in [5.74, 6) is 0.480. The van der Waals surface area contributed by atoms with E-state index in [1.165, 1.54) is 37.0 Å². The van der Waals surface area contributed by atoms with Crippen molar-refractivity contribution in [3.63, 3.8) is 0 Å². The quantitative estimate of drug-likeness (QED) is 0.241. The van der Waals surface area contributed by atoms with E-state index in [1.807, 2.05) is 26.0 Å². The Labute approximate surface area is 186 Å². The third-order valence-corrected chi connectivity index (χ3v) is 6.91. The molecule has 2 aromatic carbocycles. The zero-order chi connectivity index (χ0) is 22.5. The maximum absolute atomic E-state index is 11.9. The van der Waals surface area contributed by atoms with Crippen LogP contribution in [0.25, 0.3) is 0 Å². The molecule has 0 saturated heterocycles. The Morgan fingerprint density at radius 1 is 1.17 bits per heavy atom. The highest BCUT2D eigenvalue weighted by atomic mass is 32.2. The molecule has 0 spiro atoms. The van der Waals surface area contributed by atoms with E-state index in [9.17, 15) is 18.5 Å². The van der Waals surface area contributed by atoms with Gasteiger partial charge in [0.2, 0.25) is 10.0 Å². The Balaban J connectivity index is 2.29. The van der Waals surface area contributed by atoms with E-state index in [1.54, 1.807) is 12.1 Å². The minimum atomic E-state index is -3.58. The standard InChI is InChI=1S/C19H23N3O5S3/c1-5-21(6-2)19(28)29-16-10-8-15(9-11-16)27-18-13-14(22(23)24)7-12-17(18)20(3)30(4,25)26/h7-13H,5-6H2,1-4H3. The van der Waals surface area contributed by atoms with Gasteiger partial charge in [-0.15, -0.1) is 0 Å². The first kappa shape index (κ1) is 23.9. The van der Waals surface area contributed by atoms with Crippen LogP contribution in [-0.4, -0.2) is 49.0 Å². The first-order chi connectivity index (χ1) is 14.1. The molecule has 8 nitrogen and oxygen atoms in total. The van der Waals surface area contributed by atoms with Gasteiger partial charge in [-0.25, -0.2) is 8.42 Å². The lowest BCUT2D eigenvalue weighted by atomic mass is 10.2. The molecule has 0 amide bonds. The van der Waals surface area contributed by atoms with Crippen LogP contribution in [0.2, 0.25) is 0 Å². The summed E-state index contributed by atoms with van der Waals surface area (Å²) in [6, 6.07) is 10.8. The van der Waals surface area contributed by atoms with E-state index in [-0.39, 0.29) is 17.1 Å². The topological polar surface area (TPSA) is 93.0 Å². The number of hydrogen-bond donors (Lipinski definition) is 0. The number of benzene rings is 2. The Hall–Kier alpha value is -2.37. The van der Waals surface area contributed by atoms with Crippen LogP contribution in [0.15, 0.2) is 47.4 Å². The van der Waals surface area contributed by atoms with Gasteiger partial charge >= 0.3 is 0 Å². The summed E-state index contributed by atoms with van der Waals surface area (Å²) < 4.78 is 31.4. The summed E-state index contributed by atoms with van der Waals surface area (Å²) in [6.07, 6.45) is 1.04. The minimum Gasteiger partial charge on any atom is -0.455 e. The molecule has 0 atom stereocenters. The highest BCUT2D eigenvalue weighted by molar-refractivity contribution is 8.22. The monoisotopic (exact) mass is 469 g/mol. The summed E-state index contributed by atoms with van der Waals surface area (Å²) in [4.78, 5) is 13.6. The molecule has 0 fully saturated rings. The number of thioether (sulfide) groups is 1. The van der Waals surface area contributed by atoms with Crippen LogP contribution in [0.3, 0.4) is 0 Å². The van der Waals surface area contributed by atoms with Crippen LogP contribution in [0.5, 0.6) is 11.5 Å². The summed E-state index contributed by atoms with van der Waals surface area (Å²) in [7, 11) is -2.22. The number of non-ortho nitro benzene ring substituents is 1. The fraction of sp³-hybridized carbons (Fsp3) is 0.316. The summed E-state index contributed by atoms with van der Waals surface area (Å²) in [6.45, 7) is 5.73. The van der Waals surface area contributed by atoms with Crippen molar-refractivity contribution in [1.82, 2.24) is 4.90 Å². The van der Waals surface area contributed by atoms with Gasteiger partial charge in [0.15, 0.2) is 5.75 Å². The third kappa shape index (κ3) is 6.07. The lowest BCUT2D eigenvalue weighted by Crippen LogP contribution is -2.26. The molecule has 0 heterocycles. The molecule has 0 bridgehead atoms. The number of nitro groups is 1. The average Bonchev–Trinajstić information content (AvgIpc) is 2.69. The van der Waals surface area contributed by atoms with Gasteiger partial charge in [0.05, 0.1) is 22.9 Å². The highest BCUT2D eigenvalue weighted by Gasteiger charge is 2.20. The van der Waals surface area contributed by atoms with E-state index in [4.69, 9.17) is 17.0 Å². The van der Waals surface area contributed by atoms with Crippen LogP contribution in [0.1, 0.15) is 13.8 Å². The Morgan fingerprint density at radius 2 is 1.77 bits per heavy atom. The third-order valence-electron chi connectivity index (χ3n) is 4.27. The van der Waals surface area contributed by atoms with Crippen molar-refractivity contribution in [2.75, 3.05) is 30.7 Å². The number of nitro benzene ring substituents is 1. The number of rotatable bonds is 8. The van der Waals surface area contributed by atoms with Crippen molar-refractivity contribution >= 4 is 49.7 Å². The Morgan fingerprint density at radius 3 is 2.27 bits per heavy atom. The largest absolute Gasteiger partial charge is 0.455 e. The molecular formula is C19H23N3O5S3. The first-order valence-electron chi connectivity index (χ1n) is 9.03. The number of anilines is 1. The lowest BCUT2D eigenvalue weighted by molar-refractivity contribution is -0.384. The lowest BCUT2D eigenvalue weighted by Gasteiger charge is -2.21. The van der Waals surface area contributed by atoms with Crippen LogP contribution in [-0.2, 0) is 10.0 Å². The van der Waals surface area contributed by atoms with Crippen molar-refractivity contribution in [3.05, 3.63) is 52.6 Å². The van der Waals surface area contributed by atoms with Crippen molar-refractivity contribution in [3.8, 4) is 11.5 Å². The van der Waals surface area contributed by atoms with Crippen LogP contribution >= 0.6 is 24.0 Å². The average molecular weight is 470 g/mol. The molecule has 0 unspecified atom stereocenters. The van der Waals surface area contributed by atoms with E-state index < -0.39 is 14.9 Å². The molecule has 11 heteroatoms. The Bertz CT molecular complexity index is 1020. The van der Waals surface area contributed by atoms with Crippen molar-refractivity contribution in [2.24, 2.45) is 0 Å². The number of thiocarbonyl (C=S) groups is 1. The second-order valence-electron chi connectivity index (χ2n) is 6.25. The maximum atomic E-state index is 11.9. The number of sulfonamides is 1. The van der Waals surface area contributed by atoms with E-state index in [0.717, 1.165) is 32.9 Å². The van der Waals surface area contributed by atoms with Crippen LogP contribution in [0, 0.1) is 10.1 Å². The predicted molar refractivity (Wildman–Crippen MR) is 124 cm³/mol. The fourth-order valence-electron chi connectivity index (χ4n) is 2.49. The molecule has 30 heavy (non-hydrogen) atoms. The molecule has 0 N–H and O–H groups in total. The fourth-order valence-corrected chi connectivity index (χ4v) is 4.40. The van der Waals surface area contributed by atoms with E-state index in [2.05, 4.69) is 4.90 Å². The molecule has 0 radical (unpaired) electrons. The predicted octanol–water partition coefficient (Wildman–Crippen LogP) is 4.50.